The molecule has 2 unspecified atom stereocenters. The maximum absolute atomic E-state index is 13.1. The van der Waals surface area contributed by atoms with Crippen molar-refractivity contribution in [3.63, 3.8) is 0 Å². The molecule has 0 bridgehead atoms. The van der Waals surface area contributed by atoms with Gasteiger partial charge in [0.1, 0.15) is 19.3 Å². The van der Waals surface area contributed by atoms with Gasteiger partial charge in [-0.2, -0.15) is 0 Å². The number of carbonyl (C=O) groups is 4. The number of hydrogen-bond acceptors (Lipinski definition) is 15. The van der Waals surface area contributed by atoms with Gasteiger partial charge in [0.05, 0.1) is 26.4 Å². The second-order valence-electron chi connectivity index (χ2n) is 25.9. The number of phosphoric ester groups is 2. The summed E-state index contributed by atoms with van der Waals surface area (Å²) in [6.07, 6.45) is 88.1. The first kappa shape index (κ1) is 98.7. The predicted molar refractivity (Wildman–Crippen MR) is 427 cm³/mol. The van der Waals surface area contributed by atoms with Crippen LogP contribution in [0.25, 0.3) is 0 Å². The fourth-order valence-electron chi connectivity index (χ4n) is 9.97. The number of ether oxygens (including phenoxy) is 4. The van der Waals surface area contributed by atoms with Gasteiger partial charge in [-0.15, -0.1) is 0 Å². The van der Waals surface area contributed by atoms with Gasteiger partial charge in [0.15, 0.2) is 12.2 Å². The third kappa shape index (κ3) is 74.9. The molecule has 0 aliphatic rings. The van der Waals surface area contributed by atoms with Gasteiger partial charge in [-0.3, -0.25) is 37.3 Å². The van der Waals surface area contributed by atoms with Crippen molar-refractivity contribution in [1.82, 2.24) is 0 Å². The lowest BCUT2D eigenvalue weighted by atomic mass is 10.1. The number of esters is 4. The van der Waals surface area contributed by atoms with E-state index in [1.54, 1.807) is 0 Å². The quantitative estimate of drug-likeness (QED) is 0.0169. The maximum atomic E-state index is 13.1. The number of hydrogen-bond donors (Lipinski definition) is 3. The van der Waals surface area contributed by atoms with E-state index in [2.05, 4.69) is 167 Å². The summed E-state index contributed by atoms with van der Waals surface area (Å²) in [5.74, 6) is -2.34. The number of allylic oxidation sites excluding steroid dienone is 26. The van der Waals surface area contributed by atoms with Crippen LogP contribution in [0.2, 0.25) is 0 Å². The standard InChI is InChI=1S/C85H140O17P2/c1-5-9-13-17-21-25-29-33-35-37-39-41-43-47-51-55-59-63-67-71-84(89)101-80(75-95-82(87)69-65-61-57-53-49-45-31-27-23-19-15-11-7-3)77-99-103(91,92)97-73-79(86)74-98-104(93,94)100-78-81(76-96-83(88)70-66-62-58-54-50-46-32-28-24-20-16-12-8-4)102-85(90)72-68-64-60-56-52-48-44-42-40-38-36-34-30-26-22-18-14-10-6-2/h9-10,13-14,21-22,25-28,31-36,39-42,47-48,51-52,59,63,79-81,86H,5-8,11-12,15-20,23-24,29-30,37-38,43-46,49-50,53-58,60-62,64-78H2,1-4H3,(H,91,92)(H,93,94)/b13-9-,14-10-,25-21-,26-22-,31-27-,32-28-,35-33-,36-34-,41-39-,42-40-,51-47-,52-48-,63-59-/t79-,80-,81-/m1/s1. The molecule has 0 saturated carbocycles. The van der Waals surface area contributed by atoms with Gasteiger partial charge in [-0.1, -0.05) is 269 Å². The van der Waals surface area contributed by atoms with Gasteiger partial charge in [0.25, 0.3) is 0 Å². The minimum absolute atomic E-state index is 0.0370. The van der Waals surface area contributed by atoms with Crippen molar-refractivity contribution in [2.24, 2.45) is 0 Å². The Kier molecular flexibility index (Phi) is 72.0. The van der Waals surface area contributed by atoms with E-state index in [4.69, 9.17) is 37.0 Å². The summed E-state index contributed by atoms with van der Waals surface area (Å²) in [4.78, 5) is 72.9. The molecule has 0 aliphatic carbocycles. The van der Waals surface area contributed by atoms with Crippen molar-refractivity contribution in [2.45, 2.75) is 316 Å². The van der Waals surface area contributed by atoms with Crippen molar-refractivity contribution in [1.29, 1.82) is 0 Å². The highest BCUT2D eigenvalue weighted by Gasteiger charge is 2.30. The summed E-state index contributed by atoms with van der Waals surface area (Å²) in [5, 5.41) is 10.6. The molecule has 0 aliphatic heterocycles. The normalized spacial score (nSPS) is 14.7. The number of aliphatic hydroxyl groups excluding tert-OH is 1. The van der Waals surface area contributed by atoms with E-state index in [1.807, 2.05) is 18.2 Å². The Bertz CT molecular complexity index is 2590. The molecule has 3 N–H and O–H groups in total. The van der Waals surface area contributed by atoms with Gasteiger partial charge in [0, 0.05) is 25.7 Å². The van der Waals surface area contributed by atoms with Crippen molar-refractivity contribution < 1.29 is 80.2 Å². The minimum atomic E-state index is -5.01. The first-order valence-electron chi connectivity index (χ1n) is 39.7. The van der Waals surface area contributed by atoms with Crippen LogP contribution in [0, 0.1) is 0 Å². The molecule has 0 rings (SSSR count). The summed E-state index contributed by atoms with van der Waals surface area (Å²) in [7, 11) is -10.0. The van der Waals surface area contributed by atoms with E-state index < -0.39 is 97.5 Å². The molecule has 17 nitrogen and oxygen atoms in total. The third-order valence-corrected chi connectivity index (χ3v) is 17.9. The summed E-state index contributed by atoms with van der Waals surface area (Å²) >= 11 is 0. The molecule has 104 heavy (non-hydrogen) atoms. The number of rotatable bonds is 73. The van der Waals surface area contributed by atoms with Crippen molar-refractivity contribution in [3.05, 3.63) is 158 Å². The summed E-state index contributed by atoms with van der Waals surface area (Å²) in [6, 6.07) is 0. The van der Waals surface area contributed by atoms with Crippen molar-refractivity contribution in [2.75, 3.05) is 39.6 Å². The highest BCUT2D eigenvalue weighted by Crippen LogP contribution is 2.45. The molecular formula is C85H140O17P2. The van der Waals surface area contributed by atoms with Crippen molar-refractivity contribution >= 4 is 39.5 Å². The molecule has 0 aromatic carbocycles. The lowest BCUT2D eigenvalue weighted by Crippen LogP contribution is -2.30. The molecule has 0 fully saturated rings. The lowest BCUT2D eigenvalue weighted by Gasteiger charge is -2.21. The topological polar surface area (TPSA) is 237 Å². The molecule has 19 heteroatoms. The molecular weight excluding hydrogens is 1350 g/mol. The maximum Gasteiger partial charge on any atom is 0.472 e. The average Bonchev–Trinajstić information content (AvgIpc) is 0.907. The average molecular weight is 1500 g/mol. The van der Waals surface area contributed by atoms with Crippen LogP contribution < -0.4 is 0 Å². The monoisotopic (exact) mass is 1490 g/mol. The van der Waals surface area contributed by atoms with Crippen LogP contribution in [0.15, 0.2) is 158 Å². The second-order valence-corrected chi connectivity index (χ2v) is 28.8. The molecule has 0 radical (unpaired) electrons. The van der Waals surface area contributed by atoms with E-state index in [-0.39, 0.29) is 25.7 Å². The van der Waals surface area contributed by atoms with E-state index >= 15 is 0 Å². The Morgan fingerprint density at radius 2 is 0.519 bits per heavy atom. The van der Waals surface area contributed by atoms with Crippen LogP contribution >= 0.6 is 15.6 Å². The van der Waals surface area contributed by atoms with Gasteiger partial charge >= 0.3 is 39.5 Å². The van der Waals surface area contributed by atoms with Crippen LogP contribution in [0.4, 0.5) is 0 Å². The van der Waals surface area contributed by atoms with E-state index in [9.17, 15) is 43.2 Å². The van der Waals surface area contributed by atoms with Crippen LogP contribution in [0.5, 0.6) is 0 Å². The third-order valence-electron chi connectivity index (χ3n) is 16.0. The Labute approximate surface area is 629 Å². The van der Waals surface area contributed by atoms with Crippen LogP contribution in [-0.2, 0) is 65.4 Å². The Balaban J connectivity index is 5.48. The fraction of sp³-hybridized carbons (Fsp3) is 0.647. The number of phosphoric acid groups is 2. The first-order chi connectivity index (χ1) is 50.7. The Morgan fingerprint density at radius 1 is 0.279 bits per heavy atom. The summed E-state index contributed by atoms with van der Waals surface area (Å²) in [5.41, 5.74) is 0. The predicted octanol–water partition coefficient (Wildman–Crippen LogP) is 23.2. The zero-order valence-corrected chi connectivity index (χ0v) is 66.4. The van der Waals surface area contributed by atoms with Gasteiger partial charge in [-0.25, -0.2) is 9.13 Å². The zero-order chi connectivity index (χ0) is 76.0. The zero-order valence-electron chi connectivity index (χ0n) is 64.6. The van der Waals surface area contributed by atoms with E-state index in [1.165, 1.54) is 51.4 Å². The Morgan fingerprint density at radius 3 is 0.846 bits per heavy atom. The smallest absolute Gasteiger partial charge is 0.462 e. The number of aliphatic hydroxyl groups is 1. The summed E-state index contributed by atoms with van der Waals surface area (Å²) < 4.78 is 68.4. The molecule has 0 aromatic heterocycles. The fourth-order valence-corrected chi connectivity index (χ4v) is 11.5. The van der Waals surface area contributed by atoms with E-state index in [0.29, 0.717) is 32.1 Å². The lowest BCUT2D eigenvalue weighted by molar-refractivity contribution is -0.161. The molecule has 0 heterocycles. The molecule has 0 amide bonds. The number of unbranched alkanes of at least 4 members (excludes halogenated alkanes) is 21. The van der Waals surface area contributed by atoms with Gasteiger partial charge in [-0.05, 0) is 161 Å². The van der Waals surface area contributed by atoms with Crippen LogP contribution in [0.1, 0.15) is 297 Å². The molecule has 0 spiro atoms. The molecule has 592 valence electrons. The molecule has 5 atom stereocenters. The van der Waals surface area contributed by atoms with Crippen LogP contribution in [0.3, 0.4) is 0 Å². The largest absolute Gasteiger partial charge is 0.472 e. The SMILES string of the molecule is CC/C=C\C/C=C\C/C=C\C/C=C\C/C=C\C/C=C\CCC(=O)O[C@H](COC(=O)CCCCCCC/C=C\CCCCCC)COP(=O)(O)OC[C@@H](O)COP(=O)(O)OC[C@@H](COC(=O)CCCCCCC/C=C\CCCCCC)OC(=O)CCCCC/C=C\C/C=C\C/C=C\C/C=C\C/C=C\CC. The van der Waals surface area contributed by atoms with Crippen molar-refractivity contribution in [3.8, 4) is 0 Å². The molecule has 0 saturated heterocycles. The van der Waals surface area contributed by atoms with E-state index in [0.717, 1.165) is 161 Å². The Hall–Kier alpha value is -5.32. The molecule has 0 aromatic rings. The first-order valence-corrected chi connectivity index (χ1v) is 42.7. The highest BCUT2D eigenvalue weighted by molar-refractivity contribution is 7.47. The minimum Gasteiger partial charge on any atom is -0.462 e. The van der Waals surface area contributed by atoms with Crippen LogP contribution in [-0.4, -0.2) is 96.7 Å². The number of carbonyl (C=O) groups excluding carboxylic acids is 4. The van der Waals surface area contributed by atoms with Gasteiger partial charge in [0.2, 0.25) is 0 Å². The second kappa shape index (κ2) is 75.9. The summed E-state index contributed by atoms with van der Waals surface area (Å²) in [6.45, 7) is 4.46. The van der Waals surface area contributed by atoms with Gasteiger partial charge < -0.3 is 33.8 Å². The highest BCUT2D eigenvalue weighted by atomic mass is 31.2.